The van der Waals surface area contributed by atoms with E-state index in [-0.39, 0.29) is 5.84 Å². The van der Waals surface area contributed by atoms with Gasteiger partial charge in [0, 0.05) is 10.0 Å². The van der Waals surface area contributed by atoms with Crippen LogP contribution in [0, 0.1) is 39.4 Å². The number of benzene rings is 1. The highest BCUT2D eigenvalue weighted by atomic mass is 79.9. The summed E-state index contributed by atoms with van der Waals surface area (Å²) >= 11 is 3.25. The highest BCUT2D eigenvalue weighted by Gasteiger charge is 2.90. The van der Waals surface area contributed by atoms with Crippen LogP contribution < -0.4 is 5.73 Å². The standard InChI is InChI=1S/C14H7BrN4O2/c15-8-3-1-7(2-4-8)9(20)10-13(5-16)11(18)19-12(21)14(10,13)6-17/h1-4,10H,(H2,18,19,21)/t10-,13-,14+/m0/s1. The number of hydrogen-bond donors (Lipinski definition) is 1. The molecule has 2 N–H and O–H groups in total. The fraction of sp³-hybridized carbons (Fsp3) is 0.214. The lowest BCUT2D eigenvalue weighted by Crippen LogP contribution is -2.27. The van der Waals surface area contributed by atoms with Gasteiger partial charge in [-0.2, -0.15) is 15.5 Å². The molecule has 1 fully saturated rings. The molecule has 7 heteroatoms. The first kappa shape index (κ1) is 13.5. The number of fused-ring (bicyclic) bond motifs is 1. The maximum atomic E-state index is 12.6. The van der Waals surface area contributed by atoms with Gasteiger partial charge in [-0.25, -0.2) is 0 Å². The molecule has 0 unspecified atom stereocenters. The Morgan fingerprint density at radius 1 is 1.24 bits per heavy atom. The third-order valence-corrected chi connectivity index (χ3v) is 4.64. The zero-order chi connectivity index (χ0) is 15.4. The van der Waals surface area contributed by atoms with Crippen LogP contribution in [0.25, 0.3) is 0 Å². The molecule has 6 nitrogen and oxygen atoms in total. The SMILES string of the molecule is N#C[C@@]12C(=O)N=C(N)[C@]1(C#N)[C@@H]2C(=O)c1ccc(Br)cc1. The van der Waals surface area contributed by atoms with Crippen molar-refractivity contribution < 1.29 is 9.59 Å². The van der Waals surface area contributed by atoms with Crippen molar-refractivity contribution in [3.8, 4) is 12.1 Å². The van der Waals surface area contributed by atoms with Crippen LogP contribution in [0.15, 0.2) is 33.7 Å². The summed E-state index contributed by atoms with van der Waals surface area (Å²) in [4.78, 5) is 28.0. The summed E-state index contributed by atoms with van der Waals surface area (Å²) in [6, 6.07) is 10.1. The van der Waals surface area contributed by atoms with E-state index in [2.05, 4.69) is 20.9 Å². The van der Waals surface area contributed by atoms with E-state index in [0.29, 0.717) is 5.56 Å². The molecule has 102 valence electrons. The average Bonchev–Trinajstić information content (AvgIpc) is 3.05. The smallest absolute Gasteiger partial charge is 0.270 e. The van der Waals surface area contributed by atoms with Crippen molar-refractivity contribution in [2.24, 2.45) is 27.5 Å². The predicted octanol–water partition coefficient (Wildman–Crippen LogP) is 1.18. The summed E-state index contributed by atoms with van der Waals surface area (Å²) in [5.74, 6) is -2.59. The second kappa shape index (κ2) is 4.00. The van der Waals surface area contributed by atoms with E-state index < -0.39 is 28.4 Å². The molecule has 2 aliphatic rings. The molecule has 21 heavy (non-hydrogen) atoms. The summed E-state index contributed by atoms with van der Waals surface area (Å²) in [6.07, 6.45) is 0. The van der Waals surface area contributed by atoms with E-state index in [1.54, 1.807) is 30.3 Å². The Hall–Kier alpha value is -2.51. The number of nitrogens with two attached hydrogens (primary N) is 1. The molecule has 3 rings (SSSR count). The molecular weight excluding hydrogens is 336 g/mol. The second-order valence-electron chi connectivity index (χ2n) is 4.95. The number of amides is 1. The van der Waals surface area contributed by atoms with E-state index in [1.165, 1.54) is 0 Å². The van der Waals surface area contributed by atoms with Crippen molar-refractivity contribution in [2.75, 3.05) is 0 Å². The first-order chi connectivity index (χ1) is 9.95. The highest BCUT2D eigenvalue weighted by Crippen LogP contribution is 2.72. The highest BCUT2D eigenvalue weighted by molar-refractivity contribution is 9.10. The first-order valence-corrected chi connectivity index (χ1v) is 6.76. The number of carbonyl (C=O) groups excluding carboxylic acids is 2. The van der Waals surface area contributed by atoms with Crippen LogP contribution in [0.3, 0.4) is 0 Å². The van der Waals surface area contributed by atoms with E-state index in [0.717, 1.165) is 4.47 Å². The Morgan fingerprint density at radius 2 is 1.81 bits per heavy atom. The molecule has 3 atom stereocenters. The molecule has 0 aromatic heterocycles. The van der Waals surface area contributed by atoms with Crippen LogP contribution in [0.2, 0.25) is 0 Å². The molecule has 1 aliphatic heterocycles. The normalized spacial score (nSPS) is 32.6. The topological polar surface area (TPSA) is 120 Å². The van der Waals surface area contributed by atoms with Gasteiger partial charge in [-0.3, -0.25) is 9.59 Å². The zero-order valence-electron chi connectivity index (χ0n) is 10.5. The number of hydrogen-bond acceptors (Lipinski definition) is 5. The van der Waals surface area contributed by atoms with Gasteiger partial charge in [-0.05, 0) is 12.1 Å². The Balaban J connectivity index is 2.10. The van der Waals surface area contributed by atoms with Gasteiger partial charge in [0.05, 0.1) is 18.1 Å². The van der Waals surface area contributed by atoms with Crippen molar-refractivity contribution >= 4 is 33.5 Å². The van der Waals surface area contributed by atoms with Crippen LogP contribution in [-0.2, 0) is 4.79 Å². The van der Waals surface area contributed by atoms with Gasteiger partial charge < -0.3 is 5.73 Å². The molecule has 0 saturated heterocycles. The number of halogens is 1. The molecule has 0 spiro atoms. The van der Waals surface area contributed by atoms with Gasteiger partial charge >= 0.3 is 0 Å². The second-order valence-corrected chi connectivity index (χ2v) is 5.86. The fourth-order valence-electron chi connectivity index (χ4n) is 2.99. The third-order valence-electron chi connectivity index (χ3n) is 4.11. The maximum Gasteiger partial charge on any atom is 0.270 e. The van der Waals surface area contributed by atoms with Crippen LogP contribution >= 0.6 is 15.9 Å². The van der Waals surface area contributed by atoms with Crippen molar-refractivity contribution in [3.63, 3.8) is 0 Å². The monoisotopic (exact) mass is 342 g/mol. The molecule has 1 heterocycles. The van der Waals surface area contributed by atoms with E-state index >= 15 is 0 Å². The minimum absolute atomic E-state index is 0.244. The van der Waals surface area contributed by atoms with Crippen LogP contribution in [0.4, 0.5) is 0 Å². The summed E-state index contributed by atoms with van der Waals surface area (Å²) in [7, 11) is 0. The van der Waals surface area contributed by atoms with Gasteiger partial charge in [-0.1, -0.05) is 28.1 Å². The average molecular weight is 343 g/mol. The maximum absolute atomic E-state index is 12.6. The molecule has 1 saturated carbocycles. The fourth-order valence-corrected chi connectivity index (χ4v) is 3.25. The number of carbonyl (C=O) groups is 2. The van der Waals surface area contributed by atoms with Gasteiger partial charge in [0.15, 0.2) is 16.6 Å². The number of Topliss-reactive ketones (excluding diaryl/α,β-unsaturated/α-hetero) is 1. The number of nitriles is 2. The van der Waals surface area contributed by atoms with E-state index in [9.17, 15) is 20.1 Å². The van der Waals surface area contributed by atoms with Crippen LogP contribution in [0.5, 0.6) is 0 Å². The summed E-state index contributed by atoms with van der Waals surface area (Å²) in [6.45, 7) is 0. The Bertz CT molecular complexity index is 802. The quantitative estimate of drug-likeness (QED) is 0.809. The van der Waals surface area contributed by atoms with Gasteiger partial charge in [0.25, 0.3) is 5.91 Å². The number of rotatable bonds is 2. The third kappa shape index (κ3) is 1.32. The van der Waals surface area contributed by atoms with Crippen LogP contribution in [0.1, 0.15) is 10.4 Å². The summed E-state index contributed by atoms with van der Waals surface area (Å²) in [5, 5.41) is 18.7. The molecule has 0 radical (unpaired) electrons. The largest absolute Gasteiger partial charge is 0.386 e. The van der Waals surface area contributed by atoms with E-state index in [1.807, 2.05) is 6.07 Å². The minimum atomic E-state index is -1.77. The van der Waals surface area contributed by atoms with Crippen molar-refractivity contribution in [1.82, 2.24) is 0 Å². The zero-order valence-corrected chi connectivity index (χ0v) is 12.1. The van der Waals surface area contributed by atoms with Gasteiger partial charge in [0.2, 0.25) is 0 Å². The Kier molecular flexibility index (Phi) is 2.56. The van der Waals surface area contributed by atoms with Gasteiger partial charge in [-0.15, -0.1) is 0 Å². The van der Waals surface area contributed by atoms with Crippen molar-refractivity contribution in [3.05, 3.63) is 34.3 Å². The predicted molar refractivity (Wildman–Crippen MR) is 74.7 cm³/mol. The molecule has 1 aliphatic carbocycles. The minimum Gasteiger partial charge on any atom is -0.386 e. The lowest BCUT2D eigenvalue weighted by molar-refractivity contribution is -0.121. The lowest BCUT2D eigenvalue weighted by atomic mass is 9.97. The van der Waals surface area contributed by atoms with Crippen molar-refractivity contribution in [2.45, 2.75) is 0 Å². The number of nitrogens with zero attached hydrogens (tertiary/aromatic N) is 3. The number of ketones is 1. The summed E-state index contributed by atoms with van der Waals surface area (Å²) in [5.41, 5.74) is 2.57. The molecule has 0 bridgehead atoms. The number of aliphatic imine (C=N–C) groups is 1. The van der Waals surface area contributed by atoms with Gasteiger partial charge in [0.1, 0.15) is 5.84 Å². The number of amidine groups is 1. The summed E-state index contributed by atoms with van der Waals surface area (Å²) < 4.78 is 0.789. The Morgan fingerprint density at radius 3 is 2.29 bits per heavy atom. The molecule has 1 aromatic carbocycles. The molecule has 1 amide bonds. The molecular formula is C14H7BrN4O2. The van der Waals surface area contributed by atoms with E-state index in [4.69, 9.17) is 5.73 Å². The lowest BCUT2D eigenvalue weighted by Gasteiger charge is -2.05. The van der Waals surface area contributed by atoms with Crippen molar-refractivity contribution in [1.29, 1.82) is 10.5 Å². The Labute approximate surface area is 128 Å². The first-order valence-electron chi connectivity index (χ1n) is 5.97. The molecule has 1 aromatic rings. The van der Waals surface area contributed by atoms with Crippen LogP contribution in [-0.4, -0.2) is 17.5 Å².